The minimum Gasteiger partial charge on any atom is -0.245 e. The molecule has 0 aliphatic heterocycles. The van der Waals surface area contributed by atoms with Crippen LogP contribution in [0.2, 0.25) is 0 Å². The summed E-state index contributed by atoms with van der Waals surface area (Å²) >= 11 is 1.74. The monoisotopic (exact) mass is 234 g/mol. The van der Waals surface area contributed by atoms with Crippen molar-refractivity contribution in [2.45, 2.75) is 51.4 Å². The van der Waals surface area contributed by atoms with Crippen molar-refractivity contribution >= 4 is 11.3 Å². The lowest BCUT2D eigenvalue weighted by Gasteiger charge is -2.26. The molecule has 0 spiro atoms. The summed E-state index contributed by atoms with van der Waals surface area (Å²) in [5.74, 6) is 1.61. The van der Waals surface area contributed by atoms with Gasteiger partial charge in [0, 0.05) is 11.3 Å². The number of nitrogens with zero attached hydrogens (tertiary/aromatic N) is 2. The molecule has 0 atom stereocenters. The summed E-state index contributed by atoms with van der Waals surface area (Å²) in [6.07, 6.45) is 7.07. The van der Waals surface area contributed by atoms with Crippen LogP contribution in [0, 0.1) is 17.2 Å². The highest BCUT2D eigenvalue weighted by Gasteiger charge is 2.23. The van der Waals surface area contributed by atoms with E-state index in [2.05, 4.69) is 18.0 Å². The second-order valence-electron chi connectivity index (χ2n) is 4.64. The van der Waals surface area contributed by atoms with E-state index in [9.17, 15) is 0 Å². The normalized spacial score (nSPS) is 25.2. The van der Waals surface area contributed by atoms with Gasteiger partial charge < -0.3 is 0 Å². The molecule has 2 rings (SSSR count). The highest BCUT2D eigenvalue weighted by molar-refractivity contribution is 7.09. The lowest BCUT2D eigenvalue weighted by molar-refractivity contribution is 0.318. The third-order valence-corrected chi connectivity index (χ3v) is 4.66. The highest BCUT2D eigenvalue weighted by atomic mass is 32.1. The lowest BCUT2D eigenvalue weighted by Crippen LogP contribution is -2.12. The smallest absolute Gasteiger partial charge is 0.0959 e. The summed E-state index contributed by atoms with van der Waals surface area (Å²) in [4.78, 5) is 4.57. The molecule has 1 aromatic heterocycles. The summed E-state index contributed by atoms with van der Waals surface area (Å²) < 4.78 is 0. The summed E-state index contributed by atoms with van der Waals surface area (Å²) in [7, 11) is 0. The summed E-state index contributed by atoms with van der Waals surface area (Å²) in [6.45, 7) is 2.29. The molecule has 2 nitrogen and oxygen atoms in total. The van der Waals surface area contributed by atoms with Gasteiger partial charge in [0.05, 0.1) is 23.2 Å². The van der Waals surface area contributed by atoms with Crippen molar-refractivity contribution < 1.29 is 0 Å². The Morgan fingerprint density at radius 3 is 2.81 bits per heavy atom. The molecule has 1 aliphatic rings. The minimum atomic E-state index is 0.459. The topological polar surface area (TPSA) is 36.7 Å². The summed E-state index contributed by atoms with van der Waals surface area (Å²) in [6, 6.07) is 2.16. The summed E-state index contributed by atoms with van der Waals surface area (Å²) in [5.41, 5.74) is 0.958. The Labute approximate surface area is 101 Å². The van der Waals surface area contributed by atoms with E-state index in [0.29, 0.717) is 12.3 Å². The molecule has 1 aromatic rings. The Bertz CT molecular complexity index is 370. The van der Waals surface area contributed by atoms with E-state index in [4.69, 9.17) is 5.26 Å². The second-order valence-corrected chi connectivity index (χ2v) is 5.53. The molecule has 3 heteroatoms. The van der Waals surface area contributed by atoms with Crippen molar-refractivity contribution in [1.82, 2.24) is 4.98 Å². The Kier molecular flexibility index (Phi) is 3.95. The van der Waals surface area contributed by atoms with Crippen LogP contribution < -0.4 is 0 Å². The van der Waals surface area contributed by atoms with Crippen molar-refractivity contribution in [1.29, 1.82) is 5.26 Å². The van der Waals surface area contributed by atoms with E-state index in [-0.39, 0.29) is 0 Å². The van der Waals surface area contributed by atoms with Gasteiger partial charge in [-0.05, 0) is 31.6 Å². The van der Waals surface area contributed by atoms with Crippen LogP contribution in [-0.2, 0) is 6.42 Å². The average molecular weight is 234 g/mol. The first-order valence-corrected chi connectivity index (χ1v) is 7.02. The molecular weight excluding hydrogens is 216 g/mol. The van der Waals surface area contributed by atoms with Crippen LogP contribution >= 0.6 is 11.3 Å². The van der Waals surface area contributed by atoms with Gasteiger partial charge in [-0.15, -0.1) is 11.3 Å². The van der Waals surface area contributed by atoms with Crippen LogP contribution in [-0.4, -0.2) is 4.98 Å². The minimum absolute atomic E-state index is 0.459. The number of nitriles is 1. The zero-order chi connectivity index (χ0) is 11.4. The van der Waals surface area contributed by atoms with Crippen molar-refractivity contribution in [3.8, 4) is 6.07 Å². The van der Waals surface area contributed by atoms with E-state index in [1.54, 1.807) is 11.3 Å². The Morgan fingerprint density at radius 1 is 1.44 bits per heavy atom. The number of thiazole rings is 1. The maximum absolute atomic E-state index is 8.62. The quantitative estimate of drug-likeness (QED) is 0.795. The molecule has 0 bridgehead atoms. The molecule has 0 N–H and O–H groups in total. The molecule has 0 amide bonds. The van der Waals surface area contributed by atoms with Gasteiger partial charge in [-0.3, -0.25) is 0 Å². The zero-order valence-corrected chi connectivity index (χ0v) is 10.6. The molecule has 1 aliphatic carbocycles. The second kappa shape index (κ2) is 5.45. The first-order valence-electron chi connectivity index (χ1n) is 6.14. The predicted molar refractivity (Wildman–Crippen MR) is 66.4 cm³/mol. The fourth-order valence-electron chi connectivity index (χ4n) is 2.49. The van der Waals surface area contributed by atoms with Gasteiger partial charge in [0.15, 0.2) is 0 Å². The van der Waals surface area contributed by atoms with Crippen molar-refractivity contribution in [2.75, 3.05) is 0 Å². The molecule has 0 saturated heterocycles. The van der Waals surface area contributed by atoms with E-state index in [1.807, 2.05) is 5.38 Å². The van der Waals surface area contributed by atoms with Gasteiger partial charge >= 0.3 is 0 Å². The van der Waals surface area contributed by atoms with Crippen molar-refractivity contribution in [3.63, 3.8) is 0 Å². The molecule has 1 heterocycles. The standard InChI is InChI=1S/C13H18N2S/c1-2-10-3-5-11(6-4-10)13-15-12(7-8-14)9-16-13/h9-11H,2-7H2,1H3. The predicted octanol–water partition coefficient (Wildman–Crippen LogP) is 3.89. The third kappa shape index (κ3) is 2.62. The number of aromatic nitrogens is 1. The maximum atomic E-state index is 8.62. The molecule has 0 aromatic carbocycles. The van der Waals surface area contributed by atoms with E-state index < -0.39 is 0 Å². The Hall–Kier alpha value is -0.880. The molecule has 86 valence electrons. The van der Waals surface area contributed by atoms with Gasteiger partial charge in [0.25, 0.3) is 0 Å². The molecule has 0 radical (unpaired) electrons. The van der Waals surface area contributed by atoms with Gasteiger partial charge in [-0.1, -0.05) is 13.3 Å². The maximum Gasteiger partial charge on any atom is 0.0959 e. The van der Waals surface area contributed by atoms with Gasteiger partial charge in [0.2, 0.25) is 0 Å². The third-order valence-electron chi connectivity index (χ3n) is 3.60. The van der Waals surface area contributed by atoms with Crippen molar-refractivity contribution in [3.05, 3.63) is 16.1 Å². The molecular formula is C13H18N2S. The first-order chi connectivity index (χ1) is 7.83. The van der Waals surface area contributed by atoms with Crippen LogP contribution in [0.3, 0.4) is 0 Å². The largest absolute Gasteiger partial charge is 0.245 e. The van der Waals surface area contributed by atoms with Gasteiger partial charge in [-0.2, -0.15) is 5.26 Å². The van der Waals surface area contributed by atoms with Crippen LogP contribution in [0.25, 0.3) is 0 Å². The van der Waals surface area contributed by atoms with Crippen molar-refractivity contribution in [2.24, 2.45) is 5.92 Å². The fourth-order valence-corrected chi connectivity index (χ4v) is 3.48. The number of hydrogen-bond acceptors (Lipinski definition) is 3. The zero-order valence-electron chi connectivity index (χ0n) is 9.78. The van der Waals surface area contributed by atoms with E-state index in [1.165, 1.54) is 37.1 Å². The average Bonchev–Trinajstić information content (AvgIpc) is 2.78. The first kappa shape index (κ1) is 11.6. The van der Waals surface area contributed by atoms with Crippen LogP contribution in [0.4, 0.5) is 0 Å². The Morgan fingerprint density at radius 2 is 2.19 bits per heavy atom. The Balaban J connectivity index is 1.95. The molecule has 16 heavy (non-hydrogen) atoms. The van der Waals surface area contributed by atoms with Gasteiger partial charge in [0.1, 0.15) is 0 Å². The summed E-state index contributed by atoms with van der Waals surface area (Å²) in [5, 5.41) is 11.9. The van der Waals surface area contributed by atoms with Crippen LogP contribution in [0.15, 0.2) is 5.38 Å². The molecule has 0 unspecified atom stereocenters. The number of rotatable bonds is 3. The molecule has 1 saturated carbocycles. The van der Waals surface area contributed by atoms with Gasteiger partial charge in [-0.25, -0.2) is 4.98 Å². The van der Waals surface area contributed by atoms with E-state index >= 15 is 0 Å². The number of hydrogen-bond donors (Lipinski definition) is 0. The van der Waals surface area contributed by atoms with E-state index in [0.717, 1.165) is 11.6 Å². The van der Waals surface area contributed by atoms with Crippen LogP contribution in [0.1, 0.15) is 55.6 Å². The van der Waals surface area contributed by atoms with Crippen LogP contribution in [0.5, 0.6) is 0 Å². The SMILES string of the molecule is CCC1CCC(c2nc(CC#N)cs2)CC1. The fraction of sp³-hybridized carbons (Fsp3) is 0.692. The molecule has 1 fully saturated rings. The highest BCUT2D eigenvalue weighted by Crippen LogP contribution is 2.37. The lowest BCUT2D eigenvalue weighted by atomic mass is 9.81.